The van der Waals surface area contributed by atoms with Crippen molar-refractivity contribution in [3.63, 3.8) is 0 Å². The number of likely N-dealkylation sites (tertiary alicyclic amines) is 1. The van der Waals surface area contributed by atoms with E-state index in [4.69, 9.17) is 9.47 Å². The lowest BCUT2D eigenvalue weighted by Crippen LogP contribution is -2.64. The molecule has 2 rings (SSSR count). The number of carbonyl (C=O) groups is 1. The number of hydrogen-bond acceptors (Lipinski definition) is 3. The van der Waals surface area contributed by atoms with Crippen LogP contribution in [0.3, 0.4) is 0 Å². The normalized spacial score (nSPS) is 24.1. The molecule has 92 valence electrons. The molecule has 0 aliphatic carbocycles. The van der Waals surface area contributed by atoms with Crippen LogP contribution in [0.25, 0.3) is 0 Å². The molecule has 0 radical (unpaired) electrons. The molecule has 16 heavy (non-hydrogen) atoms. The number of hydrogen-bond donors (Lipinski definition) is 0. The molecule has 0 N–H and O–H groups in total. The molecular weight excluding hydrogens is 206 g/mol. The molecule has 2 fully saturated rings. The zero-order valence-electron chi connectivity index (χ0n) is 10.4. The van der Waals surface area contributed by atoms with Crippen LogP contribution in [-0.2, 0) is 9.47 Å². The van der Waals surface area contributed by atoms with Gasteiger partial charge >= 0.3 is 6.09 Å². The molecule has 4 heteroatoms. The summed E-state index contributed by atoms with van der Waals surface area (Å²) in [5.74, 6) is 0. The monoisotopic (exact) mass is 227 g/mol. The quantitative estimate of drug-likeness (QED) is 0.636. The summed E-state index contributed by atoms with van der Waals surface area (Å²) in [7, 11) is 0. The highest BCUT2D eigenvalue weighted by atomic mass is 16.6. The average molecular weight is 227 g/mol. The summed E-state index contributed by atoms with van der Waals surface area (Å²) >= 11 is 0. The van der Waals surface area contributed by atoms with Gasteiger partial charge in [0.05, 0.1) is 5.54 Å². The van der Waals surface area contributed by atoms with E-state index in [0.717, 1.165) is 39.0 Å². The van der Waals surface area contributed by atoms with Crippen LogP contribution in [0.4, 0.5) is 4.79 Å². The predicted molar refractivity (Wildman–Crippen MR) is 60.3 cm³/mol. The summed E-state index contributed by atoms with van der Waals surface area (Å²) < 4.78 is 10.8. The average Bonchev–Trinajstić information content (AvgIpc) is 2.14. The second-order valence-corrected chi connectivity index (χ2v) is 5.72. The zero-order valence-corrected chi connectivity index (χ0v) is 10.4. The standard InChI is InChI=1S/C12H21NO3/c1-11(2,3)16-10(14)13-7-4-12(13)5-8-15-9-6-12/h4-9H2,1-3H3. The molecule has 2 aliphatic heterocycles. The van der Waals surface area contributed by atoms with E-state index in [2.05, 4.69) is 0 Å². The van der Waals surface area contributed by atoms with Gasteiger partial charge in [-0.25, -0.2) is 4.79 Å². The van der Waals surface area contributed by atoms with E-state index in [0.29, 0.717) is 0 Å². The van der Waals surface area contributed by atoms with Crippen molar-refractivity contribution < 1.29 is 14.3 Å². The van der Waals surface area contributed by atoms with E-state index in [9.17, 15) is 4.79 Å². The molecule has 4 nitrogen and oxygen atoms in total. The Morgan fingerprint density at radius 1 is 1.25 bits per heavy atom. The molecule has 1 amide bonds. The second-order valence-electron chi connectivity index (χ2n) is 5.72. The Hall–Kier alpha value is -0.770. The largest absolute Gasteiger partial charge is 0.444 e. The first-order valence-corrected chi connectivity index (χ1v) is 6.01. The molecular formula is C12H21NO3. The van der Waals surface area contributed by atoms with E-state index >= 15 is 0 Å². The Morgan fingerprint density at radius 2 is 1.88 bits per heavy atom. The van der Waals surface area contributed by atoms with Gasteiger partial charge in [0.15, 0.2) is 0 Å². The predicted octanol–water partition coefficient (Wildman–Crippen LogP) is 2.18. The van der Waals surface area contributed by atoms with Gasteiger partial charge in [-0.05, 0) is 40.0 Å². The molecule has 0 aromatic heterocycles. The summed E-state index contributed by atoms with van der Waals surface area (Å²) in [4.78, 5) is 13.9. The maximum Gasteiger partial charge on any atom is 0.410 e. The molecule has 2 saturated heterocycles. The molecule has 0 aromatic rings. The van der Waals surface area contributed by atoms with Crippen molar-refractivity contribution in [2.45, 2.75) is 51.2 Å². The topological polar surface area (TPSA) is 38.8 Å². The highest BCUT2D eigenvalue weighted by Crippen LogP contribution is 2.40. The minimum atomic E-state index is -0.404. The van der Waals surface area contributed by atoms with Crippen LogP contribution in [0.2, 0.25) is 0 Å². The van der Waals surface area contributed by atoms with Crippen molar-refractivity contribution in [1.29, 1.82) is 0 Å². The lowest BCUT2D eigenvalue weighted by Gasteiger charge is -2.54. The van der Waals surface area contributed by atoms with Crippen LogP contribution in [-0.4, -0.2) is 41.9 Å². The van der Waals surface area contributed by atoms with Gasteiger partial charge < -0.3 is 14.4 Å². The molecule has 2 heterocycles. The van der Waals surface area contributed by atoms with Gasteiger partial charge in [0, 0.05) is 19.8 Å². The fraction of sp³-hybridized carbons (Fsp3) is 0.917. The lowest BCUT2D eigenvalue weighted by atomic mass is 9.78. The van der Waals surface area contributed by atoms with Gasteiger partial charge in [0.1, 0.15) is 5.60 Å². The van der Waals surface area contributed by atoms with Gasteiger partial charge in [-0.15, -0.1) is 0 Å². The van der Waals surface area contributed by atoms with Gasteiger partial charge in [-0.2, -0.15) is 0 Å². The lowest BCUT2D eigenvalue weighted by molar-refractivity contribution is -0.0910. The third-order valence-corrected chi connectivity index (χ3v) is 3.41. The first kappa shape index (κ1) is 11.7. The van der Waals surface area contributed by atoms with E-state index < -0.39 is 5.60 Å². The molecule has 2 aliphatic rings. The summed E-state index contributed by atoms with van der Waals surface area (Å²) in [5, 5.41) is 0. The van der Waals surface area contributed by atoms with E-state index in [1.54, 1.807) is 0 Å². The zero-order chi connectivity index (χ0) is 11.8. The van der Waals surface area contributed by atoms with Crippen LogP contribution >= 0.6 is 0 Å². The van der Waals surface area contributed by atoms with Crippen LogP contribution < -0.4 is 0 Å². The van der Waals surface area contributed by atoms with Gasteiger partial charge in [0.25, 0.3) is 0 Å². The maximum absolute atomic E-state index is 12.0. The molecule has 0 bridgehead atoms. The molecule has 0 aromatic carbocycles. The van der Waals surface area contributed by atoms with Crippen molar-refractivity contribution in [3.05, 3.63) is 0 Å². The summed E-state index contributed by atoms with van der Waals surface area (Å²) in [6, 6.07) is 0. The number of carbonyl (C=O) groups excluding carboxylic acids is 1. The van der Waals surface area contributed by atoms with Crippen LogP contribution in [0.5, 0.6) is 0 Å². The fourth-order valence-corrected chi connectivity index (χ4v) is 2.41. The molecule has 0 atom stereocenters. The first-order valence-electron chi connectivity index (χ1n) is 6.01. The first-order chi connectivity index (χ1) is 7.43. The summed E-state index contributed by atoms with van der Waals surface area (Å²) in [6.07, 6.45) is 2.83. The van der Waals surface area contributed by atoms with Crippen LogP contribution in [0, 0.1) is 0 Å². The summed E-state index contributed by atoms with van der Waals surface area (Å²) in [5.41, 5.74) is -0.361. The minimum Gasteiger partial charge on any atom is -0.444 e. The van der Waals surface area contributed by atoms with Crippen LogP contribution in [0.1, 0.15) is 40.0 Å². The van der Waals surface area contributed by atoms with Gasteiger partial charge in [0.2, 0.25) is 0 Å². The van der Waals surface area contributed by atoms with Crippen molar-refractivity contribution in [2.24, 2.45) is 0 Å². The van der Waals surface area contributed by atoms with Gasteiger partial charge in [-0.3, -0.25) is 0 Å². The van der Waals surface area contributed by atoms with E-state index in [1.807, 2.05) is 25.7 Å². The summed E-state index contributed by atoms with van der Waals surface area (Å²) in [6.45, 7) is 8.07. The fourth-order valence-electron chi connectivity index (χ4n) is 2.41. The van der Waals surface area contributed by atoms with Gasteiger partial charge in [-0.1, -0.05) is 0 Å². The van der Waals surface area contributed by atoms with E-state index in [-0.39, 0.29) is 11.6 Å². The van der Waals surface area contributed by atoms with Crippen molar-refractivity contribution >= 4 is 6.09 Å². The Kier molecular flexibility index (Phi) is 2.86. The minimum absolute atomic E-state index is 0.0422. The number of ether oxygens (including phenoxy) is 2. The third-order valence-electron chi connectivity index (χ3n) is 3.41. The smallest absolute Gasteiger partial charge is 0.410 e. The van der Waals surface area contributed by atoms with Crippen molar-refractivity contribution in [2.75, 3.05) is 19.8 Å². The maximum atomic E-state index is 12.0. The Morgan fingerprint density at radius 3 is 2.31 bits per heavy atom. The van der Waals surface area contributed by atoms with Crippen LogP contribution in [0.15, 0.2) is 0 Å². The van der Waals surface area contributed by atoms with Crippen molar-refractivity contribution in [1.82, 2.24) is 4.90 Å². The highest BCUT2D eigenvalue weighted by molar-refractivity contribution is 5.70. The second kappa shape index (κ2) is 3.91. The van der Waals surface area contributed by atoms with Crippen molar-refractivity contribution in [3.8, 4) is 0 Å². The Bertz CT molecular complexity index is 276. The molecule has 0 unspecified atom stereocenters. The highest BCUT2D eigenvalue weighted by Gasteiger charge is 2.49. The number of rotatable bonds is 0. The SMILES string of the molecule is CC(C)(C)OC(=O)N1CCC12CCOCC2. The third kappa shape index (κ3) is 2.17. The molecule has 0 saturated carbocycles. The number of amides is 1. The Balaban J connectivity index is 1.97. The number of nitrogens with zero attached hydrogens (tertiary/aromatic N) is 1. The van der Waals surface area contributed by atoms with E-state index in [1.165, 1.54) is 0 Å². The Labute approximate surface area is 96.9 Å². The molecule has 1 spiro atoms.